The van der Waals surface area contributed by atoms with Gasteiger partial charge in [0, 0.05) is 5.38 Å². The van der Waals surface area contributed by atoms with Gasteiger partial charge >= 0.3 is 0 Å². The van der Waals surface area contributed by atoms with Crippen LogP contribution in [0.15, 0.2) is 23.6 Å². The average Bonchev–Trinajstić information content (AvgIpc) is 2.58. The van der Waals surface area contributed by atoms with E-state index in [1.807, 2.05) is 13.0 Å². The molecule has 0 radical (unpaired) electrons. The van der Waals surface area contributed by atoms with Crippen molar-refractivity contribution in [3.05, 3.63) is 40.1 Å². The maximum absolute atomic E-state index is 13.4. The summed E-state index contributed by atoms with van der Waals surface area (Å²) in [7, 11) is 0. The van der Waals surface area contributed by atoms with Gasteiger partial charge in [-0.1, -0.05) is 23.7 Å². The normalized spacial score (nSPS) is 10.3. The zero-order valence-corrected chi connectivity index (χ0v) is 9.49. The van der Waals surface area contributed by atoms with Crippen molar-refractivity contribution < 1.29 is 4.39 Å². The van der Waals surface area contributed by atoms with E-state index in [1.165, 1.54) is 17.4 Å². The minimum atomic E-state index is -0.290. The van der Waals surface area contributed by atoms with Gasteiger partial charge in [0.15, 0.2) is 5.13 Å². The first-order chi connectivity index (χ1) is 7.16. The Morgan fingerprint density at radius 3 is 2.87 bits per heavy atom. The molecule has 15 heavy (non-hydrogen) atoms. The summed E-state index contributed by atoms with van der Waals surface area (Å²) in [5.74, 6) is -0.290. The summed E-state index contributed by atoms with van der Waals surface area (Å²) in [6.45, 7) is 1.83. The van der Waals surface area contributed by atoms with Crippen LogP contribution in [-0.2, 0) is 0 Å². The minimum absolute atomic E-state index is 0.290. The van der Waals surface area contributed by atoms with Gasteiger partial charge in [0.25, 0.3) is 0 Å². The predicted molar refractivity (Wildman–Crippen MR) is 61.5 cm³/mol. The second-order valence-electron chi connectivity index (χ2n) is 3.03. The van der Waals surface area contributed by atoms with Crippen LogP contribution in [0.1, 0.15) is 5.56 Å². The third-order valence-corrected chi connectivity index (χ3v) is 3.01. The third kappa shape index (κ3) is 2.27. The molecule has 1 N–H and O–H groups in total. The van der Waals surface area contributed by atoms with Crippen molar-refractivity contribution in [1.82, 2.24) is 4.98 Å². The van der Waals surface area contributed by atoms with E-state index < -0.39 is 0 Å². The van der Waals surface area contributed by atoms with Gasteiger partial charge in [-0.2, -0.15) is 0 Å². The lowest BCUT2D eigenvalue weighted by molar-refractivity contribution is 0.631. The van der Waals surface area contributed by atoms with Crippen molar-refractivity contribution in [2.75, 3.05) is 5.32 Å². The Morgan fingerprint density at radius 1 is 1.47 bits per heavy atom. The topological polar surface area (TPSA) is 24.9 Å². The molecule has 2 rings (SSSR count). The van der Waals surface area contributed by atoms with Crippen LogP contribution in [-0.4, -0.2) is 4.98 Å². The summed E-state index contributed by atoms with van der Waals surface area (Å²) in [6, 6.07) is 4.91. The number of benzene rings is 1. The number of hydrogen-bond acceptors (Lipinski definition) is 3. The molecule has 1 heterocycles. The van der Waals surface area contributed by atoms with Gasteiger partial charge in [-0.3, -0.25) is 0 Å². The quantitative estimate of drug-likeness (QED) is 0.861. The molecular formula is C10H8ClFN2S. The maximum atomic E-state index is 13.4. The third-order valence-electron chi connectivity index (χ3n) is 1.93. The molecule has 1 aromatic carbocycles. The van der Waals surface area contributed by atoms with Gasteiger partial charge in [-0.15, -0.1) is 11.3 Å². The largest absolute Gasteiger partial charge is 0.329 e. The molecule has 2 aromatic rings. The molecule has 0 amide bonds. The maximum Gasteiger partial charge on any atom is 0.188 e. The molecule has 0 fully saturated rings. The molecule has 78 valence electrons. The molecule has 0 bridgehead atoms. The van der Waals surface area contributed by atoms with Crippen molar-refractivity contribution in [1.29, 1.82) is 0 Å². The number of hydrogen-bond donors (Lipinski definition) is 1. The van der Waals surface area contributed by atoms with Gasteiger partial charge in [0.1, 0.15) is 11.0 Å². The number of nitrogens with one attached hydrogen (secondary N) is 1. The van der Waals surface area contributed by atoms with Crippen LogP contribution in [0, 0.1) is 12.7 Å². The highest BCUT2D eigenvalue weighted by molar-refractivity contribution is 7.14. The minimum Gasteiger partial charge on any atom is -0.329 e. The number of nitrogens with zero attached hydrogens (tertiary/aromatic N) is 1. The van der Waals surface area contributed by atoms with Gasteiger partial charge in [0.2, 0.25) is 0 Å². The molecule has 0 aliphatic heterocycles. The number of rotatable bonds is 2. The van der Waals surface area contributed by atoms with E-state index in [0.717, 1.165) is 5.56 Å². The van der Waals surface area contributed by atoms with Gasteiger partial charge in [0.05, 0.1) is 5.69 Å². The second-order valence-corrected chi connectivity index (χ2v) is 4.28. The monoisotopic (exact) mass is 242 g/mol. The molecule has 0 saturated carbocycles. The number of thiazole rings is 1. The standard InChI is InChI=1S/C10H8ClFN2S/c1-6-3-2-4-7(12)9(6)14-10-13-8(11)5-15-10/h2-5H,1H3,(H,13,14). The molecule has 5 heteroatoms. The van der Waals surface area contributed by atoms with Crippen LogP contribution in [0.5, 0.6) is 0 Å². The lowest BCUT2D eigenvalue weighted by atomic mass is 10.2. The van der Waals surface area contributed by atoms with Gasteiger partial charge < -0.3 is 5.32 Å². The smallest absolute Gasteiger partial charge is 0.188 e. The van der Waals surface area contributed by atoms with Crippen LogP contribution < -0.4 is 5.32 Å². The zero-order valence-electron chi connectivity index (χ0n) is 7.92. The summed E-state index contributed by atoms with van der Waals surface area (Å²) in [5.41, 5.74) is 1.28. The molecule has 0 aliphatic rings. The Labute approximate surface area is 95.7 Å². The van der Waals surface area contributed by atoms with E-state index in [-0.39, 0.29) is 5.82 Å². The number of halogens is 2. The lowest BCUT2D eigenvalue weighted by Crippen LogP contribution is -1.95. The van der Waals surface area contributed by atoms with E-state index in [2.05, 4.69) is 10.3 Å². The molecule has 0 aliphatic carbocycles. The molecule has 2 nitrogen and oxygen atoms in total. The number of aryl methyl sites for hydroxylation is 1. The highest BCUT2D eigenvalue weighted by atomic mass is 35.5. The molecule has 0 spiro atoms. The van der Waals surface area contributed by atoms with Crippen molar-refractivity contribution >= 4 is 33.8 Å². The Kier molecular flexibility index (Phi) is 2.88. The van der Waals surface area contributed by atoms with Crippen LogP contribution >= 0.6 is 22.9 Å². The van der Waals surface area contributed by atoms with Crippen LogP contribution in [0.4, 0.5) is 15.2 Å². The van der Waals surface area contributed by atoms with E-state index >= 15 is 0 Å². The van der Waals surface area contributed by atoms with Gasteiger partial charge in [-0.05, 0) is 18.6 Å². The number of anilines is 2. The first-order valence-electron chi connectivity index (χ1n) is 4.30. The van der Waals surface area contributed by atoms with E-state index in [4.69, 9.17) is 11.6 Å². The molecule has 0 unspecified atom stereocenters. The van der Waals surface area contributed by atoms with E-state index in [1.54, 1.807) is 11.4 Å². The van der Waals surface area contributed by atoms with Crippen molar-refractivity contribution in [3.63, 3.8) is 0 Å². The first kappa shape index (κ1) is 10.4. The summed E-state index contributed by atoms with van der Waals surface area (Å²) in [5, 5.41) is 5.61. The molecule has 1 aromatic heterocycles. The molecule has 0 atom stereocenters. The zero-order chi connectivity index (χ0) is 10.8. The van der Waals surface area contributed by atoms with Crippen molar-refractivity contribution in [2.45, 2.75) is 6.92 Å². The SMILES string of the molecule is Cc1cccc(F)c1Nc1nc(Cl)cs1. The fourth-order valence-electron chi connectivity index (χ4n) is 1.21. The van der Waals surface area contributed by atoms with E-state index in [0.29, 0.717) is 16.0 Å². The van der Waals surface area contributed by atoms with Crippen LogP contribution in [0.3, 0.4) is 0 Å². The fourth-order valence-corrected chi connectivity index (χ4v) is 2.05. The first-order valence-corrected chi connectivity index (χ1v) is 5.56. The fraction of sp³-hybridized carbons (Fsp3) is 0.100. The highest BCUT2D eigenvalue weighted by Gasteiger charge is 2.07. The Balaban J connectivity index is 2.31. The molecular weight excluding hydrogens is 235 g/mol. The average molecular weight is 243 g/mol. The summed E-state index contributed by atoms with van der Waals surface area (Å²) in [6.07, 6.45) is 0. The van der Waals surface area contributed by atoms with E-state index in [9.17, 15) is 4.39 Å². The summed E-state index contributed by atoms with van der Waals surface area (Å²) in [4.78, 5) is 3.99. The van der Waals surface area contributed by atoms with Crippen LogP contribution in [0.2, 0.25) is 5.15 Å². The molecule has 0 saturated heterocycles. The van der Waals surface area contributed by atoms with Crippen LogP contribution in [0.25, 0.3) is 0 Å². The van der Waals surface area contributed by atoms with Crippen molar-refractivity contribution in [3.8, 4) is 0 Å². The summed E-state index contributed by atoms with van der Waals surface area (Å²) < 4.78 is 13.4. The number of para-hydroxylation sites is 1. The second kappa shape index (κ2) is 4.16. The van der Waals surface area contributed by atoms with Crippen molar-refractivity contribution in [2.24, 2.45) is 0 Å². The number of aromatic nitrogens is 1. The summed E-state index contributed by atoms with van der Waals surface area (Å²) >= 11 is 7.01. The lowest BCUT2D eigenvalue weighted by Gasteiger charge is -2.07. The Hall–Kier alpha value is -1.13. The Bertz CT molecular complexity index is 464. The highest BCUT2D eigenvalue weighted by Crippen LogP contribution is 2.26. The van der Waals surface area contributed by atoms with Gasteiger partial charge in [-0.25, -0.2) is 9.37 Å². The Morgan fingerprint density at radius 2 is 2.27 bits per heavy atom. The predicted octanol–water partition coefficient (Wildman–Crippen LogP) is 3.99.